The van der Waals surface area contributed by atoms with Crippen molar-refractivity contribution in [2.45, 2.75) is 27.7 Å². The Bertz CT molecular complexity index is 886. The first-order chi connectivity index (χ1) is 12.4. The molecule has 0 fully saturated rings. The highest BCUT2D eigenvalue weighted by Crippen LogP contribution is 2.18. The van der Waals surface area contributed by atoms with E-state index in [0.717, 1.165) is 10.4 Å². The Hall–Kier alpha value is -2.31. The van der Waals surface area contributed by atoms with E-state index in [9.17, 15) is 10.2 Å². The van der Waals surface area contributed by atoms with Crippen LogP contribution in [0, 0.1) is 27.7 Å². The van der Waals surface area contributed by atoms with Crippen molar-refractivity contribution in [1.82, 2.24) is 0 Å². The maximum atomic E-state index is 10.6. The van der Waals surface area contributed by atoms with Gasteiger partial charge in [0, 0.05) is 0 Å². The van der Waals surface area contributed by atoms with Gasteiger partial charge in [-0.15, -0.1) is 0 Å². The summed E-state index contributed by atoms with van der Waals surface area (Å²) in [5.41, 5.74) is 4.97. The van der Waals surface area contributed by atoms with E-state index in [1.54, 1.807) is 0 Å². The van der Waals surface area contributed by atoms with Gasteiger partial charge in [-0.05, 0) is 60.3 Å². The van der Waals surface area contributed by atoms with Gasteiger partial charge in [-0.2, -0.15) is 0 Å². The van der Waals surface area contributed by atoms with E-state index in [2.05, 4.69) is 52.0 Å². The van der Waals surface area contributed by atoms with E-state index in [1.807, 2.05) is 24.3 Å². The first kappa shape index (κ1) is 18.5. The van der Waals surface area contributed by atoms with Gasteiger partial charge < -0.3 is 10.2 Å². The molecule has 0 amide bonds. The first-order valence-electron chi connectivity index (χ1n) is 8.60. The van der Waals surface area contributed by atoms with Crippen molar-refractivity contribution in [3.63, 3.8) is 0 Å². The van der Waals surface area contributed by atoms with Crippen molar-refractivity contribution >= 4 is 39.8 Å². The molecule has 4 radical (unpaired) electrons. The van der Waals surface area contributed by atoms with Crippen molar-refractivity contribution < 1.29 is 10.2 Å². The third kappa shape index (κ3) is 3.61. The normalized spacial score (nSPS) is 10.9. The molecule has 2 N–H and O–H groups in total. The van der Waals surface area contributed by atoms with Crippen LogP contribution in [0.25, 0.3) is 0 Å². The summed E-state index contributed by atoms with van der Waals surface area (Å²) in [5.74, 6) is 0.0269. The van der Waals surface area contributed by atoms with Crippen LogP contribution in [0.1, 0.15) is 22.3 Å². The molecule has 0 bridgehead atoms. The summed E-state index contributed by atoms with van der Waals surface area (Å²) in [5, 5.41) is 25.1. The van der Waals surface area contributed by atoms with E-state index in [1.165, 1.54) is 32.6 Å². The highest BCUT2D eigenvalue weighted by atomic mass is 28.2. The highest BCUT2D eigenvalue weighted by Gasteiger charge is 2.15. The van der Waals surface area contributed by atoms with Gasteiger partial charge in [0.1, 0.15) is 19.0 Å². The van der Waals surface area contributed by atoms with Crippen LogP contribution in [-0.4, -0.2) is 29.3 Å². The third-order valence-corrected chi connectivity index (χ3v) is 7.87. The summed E-state index contributed by atoms with van der Waals surface area (Å²) >= 11 is 0. The Balaban J connectivity index is 1.91. The Kier molecular flexibility index (Phi) is 5.34. The molecule has 130 valence electrons. The molecule has 0 aliphatic carbocycles. The SMILES string of the molecule is Cc1cccc([Si]c2ccc([Si]c3cccc(C)c3C)c(O)c2O)c1C. The minimum Gasteiger partial charge on any atom is -0.504 e. The zero-order chi connectivity index (χ0) is 18.8. The quantitative estimate of drug-likeness (QED) is 0.538. The van der Waals surface area contributed by atoms with Crippen molar-refractivity contribution in [3.8, 4) is 11.5 Å². The maximum absolute atomic E-state index is 10.6. The summed E-state index contributed by atoms with van der Waals surface area (Å²) in [7, 11) is 0.640. The number of hydrogen-bond acceptors (Lipinski definition) is 2. The molecular weight excluding hydrogens is 352 g/mol. The first-order valence-corrected chi connectivity index (χ1v) is 10.6. The van der Waals surface area contributed by atoms with Gasteiger partial charge in [-0.1, -0.05) is 58.9 Å². The molecule has 0 heterocycles. The number of hydrogen-bond donors (Lipinski definition) is 2. The van der Waals surface area contributed by atoms with Crippen LogP contribution < -0.4 is 20.7 Å². The maximum Gasteiger partial charge on any atom is 0.156 e. The molecular formula is C22H22O2Si2. The van der Waals surface area contributed by atoms with Crippen LogP contribution >= 0.6 is 0 Å². The zero-order valence-electron chi connectivity index (χ0n) is 15.5. The molecule has 0 atom stereocenters. The lowest BCUT2D eigenvalue weighted by molar-refractivity contribution is 0.409. The van der Waals surface area contributed by atoms with Crippen LogP contribution in [-0.2, 0) is 0 Å². The number of benzene rings is 3. The number of aryl methyl sites for hydroxylation is 2. The van der Waals surface area contributed by atoms with Crippen molar-refractivity contribution in [3.05, 3.63) is 70.8 Å². The topological polar surface area (TPSA) is 40.5 Å². The van der Waals surface area contributed by atoms with Crippen molar-refractivity contribution in [2.75, 3.05) is 0 Å². The van der Waals surface area contributed by atoms with E-state index >= 15 is 0 Å². The Morgan fingerprint density at radius 3 is 1.31 bits per heavy atom. The molecule has 3 rings (SSSR count). The lowest BCUT2D eigenvalue weighted by atomic mass is 10.1. The van der Waals surface area contributed by atoms with Crippen molar-refractivity contribution in [2.24, 2.45) is 0 Å². The molecule has 0 unspecified atom stereocenters. The molecule has 26 heavy (non-hydrogen) atoms. The lowest BCUT2D eigenvalue weighted by Crippen LogP contribution is -2.34. The van der Waals surface area contributed by atoms with E-state index < -0.39 is 0 Å². The zero-order valence-corrected chi connectivity index (χ0v) is 17.5. The largest absolute Gasteiger partial charge is 0.504 e. The van der Waals surface area contributed by atoms with Crippen molar-refractivity contribution in [1.29, 1.82) is 0 Å². The molecule has 4 heteroatoms. The fourth-order valence-electron chi connectivity index (χ4n) is 2.84. The summed E-state index contributed by atoms with van der Waals surface area (Å²) in [4.78, 5) is 0. The van der Waals surface area contributed by atoms with Gasteiger partial charge in [-0.3, -0.25) is 0 Å². The standard InChI is InChI=1S/C22H22O2Si2/c1-13-7-5-9-17(15(13)3)25-19-11-12-20(22(24)21(19)23)26-18-10-6-8-14(2)16(18)4/h5-12,23-24H,1-4H3. The average molecular weight is 375 g/mol. The second kappa shape index (κ2) is 7.52. The minimum atomic E-state index is 0.0135. The predicted octanol–water partition coefficient (Wildman–Crippen LogP) is 1.64. The summed E-state index contributed by atoms with van der Waals surface area (Å²) in [6.07, 6.45) is 0. The molecule has 0 saturated heterocycles. The minimum absolute atomic E-state index is 0.0135. The molecule has 0 saturated carbocycles. The number of rotatable bonds is 4. The molecule has 0 spiro atoms. The van der Waals surface area contributed by atoms with Gasteiger partial charge in [-0.25, -0.2) is 0 Å². The van der Waals surface area contributed by atoms with Crippen LogP contribution in [0.2, 0.25) is 0 Å². The van der Waals surface area contributed by atoms with Gasteiger partial charge in [0.05, 0.1) is 0 Å². The van der Waals surface area contributed by atoms with Gasteiger partial charge >= 0.3 is 0 Å². The second-order valence-corrected chi connectivity index (χ2v) is 9.26. The van der Waals surface area contributed by atoms with Crippen LogP contribution in [0.15, 0.2) is 48.5 Å². The number of phenols is 2. The van der Waals surface area contributed by atoms with Gasteiger partial charge in [0.2, 0.25) is 0 Å². The molecule has 0 aliphatic rings. The van der Waals surface area contributed by atoms with Gasteiger partial charge in [0.25, 0.3) is 0 Å². The number of phenolic OH excluding ortho intramolecular Hbond substituents is 2. The Morgan fingerprint density at radius 1 is 0.538 bits per heavy atom. The smallest absolute Gasteiger partial charge is 0.156 e. The monoisotopic (exact) mass is 374 g/mol. The van der Waals surface area contributed by atoms with Crippen LogP contribution in [0.5, 0.6) is 11.5 Å². The summed E-state index contributed by atoms with van der Waals surface area (Å²) in [6, 6.07) is 16.3. The van der Waals surface area contributed by atoms with E-state index in [-0.39, 0.29) is 11.5 Å². The number of aromatic hydroxyl groups is 2. The lowest BCUT2D eigenvalue weighted by Gasteiger charge is -2.13. The van der Waals surface area contributed by atoms with Gasteiger partial charge in [0.15, 0.2) is 11.5 Å². The highest BCUT2D eigenvalue weighted by molar-refractivity contribution is 6.71. The third-order valence-electron chi connectivity index (χ3n) is 4.90. The molecule has 3 aromatic carbocycles. The Morgan fingerprint density at radius 2 is 0.923 bits per heavy atom. The van der Waals surface area contributed by atoms with E-state index in [0.29, 0.717) is 19.0 Å². The summed E-state index contributed by atoms with van der Waals surface area (Å²) < 4.78 is 0. The molecule has 0 aliphatic heterocycles. The Labute approximate surface area is 160 Å². The predicted molar refractivity (Wildman–Crippen MR) is 112 cm³/mol. The molecule has 0 aromatic heterocycles. The molecule has 3 aromatic rings. The average Bonchev–Trinajstić information content (AvgIpc) is 2.62. The fourth-order valence-corrected chi connectivity index (χ4v) is 5.36. The van der Waals surface area contributed by atoms with Crippen LogP contribution in [0.4, 0.5) is 0 Å². The van der Waals surface area contributed by atoms with Crippen LogP contribution in [0.3, 0.4) is 0 Å². The van der Waals surface area contributed by atoms with E-state index in [4.69, 9.17) is 0 Å². The molecule has 2 nitrogen and oxygen atoms in total. The second-order valence-electron chi connectivity index (χ2n) is 6.60. The fraction of sp³-hybridized carbons (Fsp3) is 0.182. The summed E-state index contributed by atoms with van der Waals surface area (Å²) in [6.45, 7) is 8.39.